The van der Waals surface area contributed by atoms with Crippen LogP contribution >= 0.6 is 0 Å². The molecule has 0 aromatic carbocycles. The fourth-order valence-corrected chi connectivity index (χ4v) is 0. The third kappa shape index (κ3) is 80.1. The second-order valence-corrected chi connectivity index (χ2v) is 8.00. The molecule has 25 heavy (non-hydrogen) atoms. The average molecular weight is 631 g/mol. The first-order chi connectivity index (χ1) is 10.2. The largest absolute Gasteiger partial charge is 4.00 e. The van der Waals surface area contributed by atoms with Crippen LogP contribution in [0.1, 0.15) is 0 Å². The standard InChI is InChI=1S/4CH3FO3S.Hf/c4*2-1-6(3,4)5;/h4*1H2,(H,3,4,5);/q;;;;+4/p-4. The topological polar surface area (TPSA) is 229 Å². The molecule has 0 N–H and O–H groups in total. The molecule has 12 nitrogen and oxygen atoms in total. The maximum Gasteiger partial charge on any atom is 4.00 e. The average Bonchev–Trinajstić information content (AvgIpc) is 2.37. The molecule has 0 atom stereocenters. The van der Waals surface area contributed by atoms with Gasteiger partial charge in [0.1, 0.15) is 40.5 Å². The quantitative estimate of drug-likeness (QED) is 0.184. The van der Waals surface area contributed by atoms with Crippen LogP contribution in [-0.2, 0) is 66.3 Å². The van der Waals surface area contributed by atoms with Crippen molar-refractivity contribution in [3.05, 3.63) is 0 Å². The third-order valence-electron chi connectivity index (χ3n) is 0.535. The van der Waals surface area contributed by atoms with E-state index in [1.165, 1.54) is 0 Å². The first-order valence-electron chi connectivity index (χ1n) is 4.22. The Labute approximate surface area is 159 Å². The van der Waals surface area contributed by atoms with E-state index in [2.05, 4.69) is 0 Å². The molecule has 0 unspecified atom stereocenters. The van der Waals surface area contributed by atoms with Crippen LogP contribution in [0.2, 0.25) is 0 Å². The molecule has 0 aliphatic rings. The SMILES string of the molecule is O=S(=O)([O-])CF.O=S(=O)([O-])CF.O=S(=O)([O-])CF.O=S(=O)([O-])CF.[Hf+4]. The van der Waals surface area contributed by atoms with Crippen LogP contribution in [0.5, 0.6) is 0 Å². The van der Waals surface area contributed by atoms with E-state index in [0.717, 1.165) is 0 Å². The van der Waals surface area contributed by atoms with Gasteiger partial charge in [-0.25, -0.2) is 51.2 Å². The predicted octanol–water partition coefficient (Wildman–Crippen LogP) is -2.17. The molecule has 0 radical (unpaired) electrons. The molecule has 0 saturated carbocycles. The molecule has 0 amide bonds. The zero-order chi connectivity index (χ0) is 20.8. The second kappa shape index (κ2) is 16.4. The summed E-state index contributed by atoms with van der Waals surface area (Å²) >= 11 is 0. The molecule has 0 spiro atoms. The fraction of sp³-hybridized carbons (Fsp3) is 1.00. The molecule has 0 aromatic heterocycles. The van der Waals surface area contributed by atoms with Crippen molar-refractivity contribution in [1.82, 2.24) is 0 Å². The number of halogens is 4. The van der Waals surface area contributed by atoms with Crippen molar-refractivity contribution in [1.29, 1.82) is 0 Å². The zero-order valence-corrected chi connectivity index (χ0v) is 18.2. The Morgan fingerprint density at radius 2 is 0.480 bits per heavy atom. The van der Waals surface area contributed by atoms with Gasteiger partial charge in [-0.05, 0) is 0 Å². The second-order valence-electron chi connectivity index (χ2n) is 2.67. The first kappa shape index (κ1) is 36.2. The molecular weight excluding hydrogens is 623 g/mol. The number of hydrogen-bond donors (Lipinski definition) is 0. The summed E-state index contributed by atoms with van der Waals surface area (Å²) in [5, 5.41) is 0. The summed E-state index contributed by atoms with van der Waals surface area (Å²) in [6, 6.07) is -7.25. The van der Waals surface area contributed by atoms with Crippen molar-refractivity contribution in [2.45, 2.75) is 0 Å². The number of alkyl halides is 4. The van der Waals surface area contributed by atoms with Crippen molar-refractivity contribution in [2.75, 3.05) is 24.0 Å². The van der Waals surface area contributed by atoms with Gasteiger partial charge in [-0.15, -0.1) is 0 Å². The van der Waals surface area contributed by atoms with Crippen LogP contribution < -0.4 is 0 Å². The Balaban J connectivity index is -0.0000000702. The van der Waals surface area contributed by atoms with E-state index in [9.17, 15) is 17.6 Å². The van der Waals surface area contributed by atoms with Crippen LogP contribution in [0.25, 0.3) is 0 Å². The van der Waals surface area contributed by atoms with Crippen molar-refractivity contribution in [3.8, 4) is 0 Å². The monoisotopic (exact) mass is 632 g/mol. The van der Waals surface area contributed by atoms with E-state index in [1.807, 2.05) is 0 Å². The minimum Gasteiger partial charge on any atom is -0.746 e. The summed E-state index contributed by atoms with van der Waals surface area (Å²) in [6.07, 6.45) is 0. The minimum atomic E-state index is -4.58. The summed E-state index contributed by atoms with van der Waals surface area (Å²) in [6.45, 7) is 0. The maximum atomic E-state index is 10.6. The van der Waals surface area contributed by atoms with Gasteiger partial charge in [-0.3, -0.25) is 0 Å². The molecule has 0 aliphatic carbocycles. The number of hydrogen-bond acceptors (Lipinski definition) is 12. The molecule has 0 fully saturated rings. The van der Waals surface area contributed by atoms with Gasteiger partial charge in [0.25, 0.3) is 0 Å². The minimum absolute atomic E-state index is 0. The normalized spacial score (nSPS) is 11.2. The van der Waals surface area contributed by atoms with Crippen LogP contribution in [0, 0.1) is 0 Å². The Morgan fingerprint density at radius 3 is 0.480 bits per heavy atom. The molecule has 0 aliphatic heterocycles. The van der Waals surface area contributed by atoms with Gasteiger partial charge in [0, 0.05) is 0 Å². The van der Waals surface area contributed by atoms with Gasteiger partial charge in [0.15, 0.2) is 24.0 Å². The van der Waals surface area contributed by atoms with E-state index >= 15 is 0 Å². The van der Waals surface area contributed by atoms with E-state index in [0.29, 0.717) is 0 Å². The van der Waals surface area contributed by atoms with Gasteiger partial charge in [-0.1, -0.05) is 0 Å². The Kier molecular flexibility index (Phi) is 23.8. The van der Waals surface area contributed by atoms with Crippen LogP contribution in [-0.4, -0.2) is 75.9 Å². The van der Waals surface area contributed by atoms with Gasteiger partial charge >= 0.3 is 25.8 Å². The molecule has 0 bridgehead atoms. The van der Waals surface area contributed by atoms with Crippen LogP contribution in [0.4, 0.5) is 17.6 Å². The summed E-state index contributed by atoms with van der Waals surface area (Å²) in [5.74, 6) is 0. The first-order valence-corrected chi connectivity index (χ1v) is 10.5. The van der Waals surface area contributed by atoms with E-state index in [1.54, 1.807) is 0 Å². The summed E-state index contributed by atoms with van der Waals surface area (Å²) < 4.78 is 151. The Bertz CT molecular complexity index is 585. The Hall–Kier alpha value is 0.230. The smallest absolute Gasteiger partial charge is 0.746 e. The van der Waals surface area contributed by atoms with Crippen LogP contribution in [0.3, 0.4) is 0 Å². The zero-order valence-electron chi connectivity index (χ0n) is 11.4. The van der Waals surface area contributed by atoms with Gasteiger partial charge in [0.05, 0.1) is 0 Å². The molecular formula is C4H8F4HfO12S4. The molecule has 0 aromatic rings. The summed E-state index contributed by atoms with van der Waals surface area (Å²) in [5.41, 5.74) is 0. The molecule has 0 heterocycles. The van der Waals surface area contributed by atoms with Crippen molar-refractivity contribution >= 4 is 40.5 Å². The van der Waals surface area contributed by atoms with E-state index in [-0.39, 0.29) is 25.8 Å². The van der Waals surface area contributed by atoms with E-state index < -0.39 is 64.5 Å². The molecule has 152 valence electrons. The maximum absolute atomic E-state index is 10.6. The van der Waals surface area contributed by atoms with Crippen molar-refractivity contribution in [3.63, 3.8) is 0 Å². The molecule has 21 heteroatoms. The van der Waals surface area contributed by atoms with Crippen LogP contribution in [0.15, 0.2) is 0 Å². The van der Waals surface area contributed by atoms with Crippen molar-refractivity contribution in [2.24, 2.45) is 0 Å². The van der Waals surface area contributed by atoms with Gasteiger partial charge in [-0.2, -0.15) is 0 Å². The van der Waals surface area contributed by atoms with Gasteiger partial charge < -0.3 is 18.2 Å². The molecule has 0 rings (SSSR count). The van der Waals surface area contributed by atoms with Crippen molar-refractivity contribution < 1.29 is 95.3 Å². The predicted molar refractivity (Wildman–Crippen MR) is 62.7 cm³/mol. The number of rotatable bonds is 4. The third-order valence-corrected chi connectivity index (χ3v) is 1.60. The fourth-order valence-electron chi connectivity index (χ4n) is 0. The molecule has 0 saturated heterocycles. The summed E-state index contributed by atoms with van der Waals surface area (Å²) in [7, 11) is -18.3. The Morgan fingerprint density at radius 1 is 0.440 bits per heavy atom. The van der Waals surface area contributed by atoms with E-state index in [4.69, 9.17) is 51.9 Å². The summed E-state index contributed by atoms with van der Waals surface area (Å²) in [4.78, 5) is 0. The van der Waals surface area contributed by atoms with Gasteiger partial charge in [0.2, 0.25) is 0 Å².